The Morgan fingerprint density at radius 1 is 1.34 bits per heavy atom. The van der Waals surface area contributed by atoms with E-state index in [1.165, 1.54) is 41.0 Å². The molecular formula is C17H16ClFN6O4. The largest absolute Gasteiger partial charge is 0.475 e. The first-order chi connectivity index (χ1) is 13.9. The lowest BCUT2D eigenvalue weighted by molar-refractivity contribution is -0.385. The van der Waals surface area contributed by atoms with Gasteiger partial charge in [-0.05, 0) is 17.7 Å². The second-order valence-electron chi connectivity index (χ2n) is 6.00. The number of carbonyl (C=O) groups excluding carboxylic acids is 1. The van der Waals surface area contributed by atoms with Crippen molar-refractivity contribution >= 4 is 29.0 Å². The van der Waals surface area contributed by atoms with Gasteiger partial charge in [0.05, 0.1) is 25.1 Å². The zero-order valence-corrected chi connectivity index (χ0v) is 16.0. The minimum Gasteiger partial charge on any atom is -0.475 e. The summed E-state index contributed by atoms with van der Waals surface area (Å²) >= 11 is 6.10. The summed E-state index contributed by atoms with van der Waals surface area (Å²) < 4.78 is 20.8. The number of aryl methyl sites for hydroxylation is 1. The van der Waals surface area contributed by atoms with Crippen LogP contribution in [-0.2, 0) is 17.9 Å². The molecular weight excluding hydrogens is 407 g/mol. The van der Waals surface area contributed by atoms with Gasteiger partial charge < -0.3 is 10.1 Å². The van der Waals surface area contributed by atoms with E-state index in [1.807, 2.05) is 0 Å². The molecule has 1 N–H and O–H groups in total. The minimum absolute atomic E-state index is 0.0188. The van der Waals surface area contributed by atoms with Crippen LogP contribution in [0.5, 0.6) is 5.88 Å². The van der Waals surface area contributed by atoms with Gasteiger partial charge in [-0.15, -0.1) is 5.10 Å². The van der Waals surface area contributed by atoms with Gasteiger partial charge in [-0.2, -0.15) is 5.10 Å². The number of rotatable bonds is 8. The highest BCUT2D eigenvalue weighted by Crippen LogP contribution is 2.24. The number of methoxy groups -OCH3 is 1. The van der Waals surface area contributed by atoms with Crippen molar-refractivity contribution in [1.29, 1.82) is 0 Å². The highest BCUT2D eigenvalue weighted by atomic mass is 35.5. The lowest BCUT2D eigenvalue weighted by Gasteiger charge is -2.04. The maximum Gasteiger partial charge on any atom is 0.350 e. The van der Waals surface area contributed by atoms with E-state index in [9.17, 15) is 19.3 Å². The smallest absolute Gasteiger partial charge is 0.350 e. The highest BCUT2D eigenvalue weighted by Gasteiger charge is 2.20. The predicted octanol–water partition coefficient (Wildman–Crippen LogP) is 2.87. The van der Waals surface area contributed by atoms with E-state index < -0.39 is 10.8 Å². The third-order valence-electron chi connectivity index (χ3n) is 3.88. The molecule has 0 radical (unpaired) electrons. The number of carbonyl (C=O) groups is 1. The number of anilines is 1. The van der Waals surface area contributed by atoms with Gasteiger partial charge in [-0.25, -0.2) is 4.39 Å². The zero-order valence-electron chi connectivity index (χ0n) is 15.2. The van der Waals surface area contributed by atoms with Crippen molar-refractivity contribution in [2.75, 3.05) is 12.4 Å². The average molecular weight is 423 g/mol. The standard InChI is InChI=1S/C17H16ClFN6O4/c1-29-17-14(25(27)28)10-23(22-17)6-5-15(26)20-16-13(18)9-24(21-16)8-11-3-2-4-12(19)7-11/h2-4,7,9-10H,5-6,8H2,1H3,(H,20,21,26). The molecule has 1 amide bonds. The summed E-state index contributed by atoms with van der Waals surface area (Å²) in [6, 6.07) is 6.06. The van der Waals surface area contributed by atoms with Crippen molar-refractivity contribution in [2.24, 2.45) is 0 Å². The molecule has 0 spiro atoms. The minimum atomic E-state index is -0.618. The van der Waals surface area contributed by atoms with Crippen LogP contribution in [0.3, 0.4) is 0 Å². The summed E-state index contributed by atoms with van der Waals surface area (Å²) in [4.78, 5) is 22.5. The number of aromatic nitrogens is 4. The number of hydrogen-bond acceptors (Lipinski definition) is 6. The van der Waals surface area contributed by atoms with E-state index in [4.69, 9.17) is 16.3 Å². The number of benzene rings is 1. The van der Waals surface area contributed by atoms with E-state index in [0.29, 0.717) is 5.56 Å². The van der Waals surface area contributed by atoms with Crippen molar-refractivity contribution in [3.63, 3.8) is 0 Å². The molecule has 0 bridgehead atoms. The van der Waals surface area contributed by atoms with Crippen LogP contribution < -0.4 is 10.1 Å². The van der Waals surface area contributed by atoms with Crippen LogP contribution in [0.1, 0.15) is 12.0 Å². The Morgan fingerprint density at radius 2 is 2.14 bits per heavy atom. The van der Waals surface area contributed by atoms with Crippen molar-refractivity contribution in [3.05, 3.63) is 63.2 Å². The maximum atomic E-state index is 13.3. The molecule has 2 heterocycles. The second kappa shape index (κ2) is 8.69. The molecule has 2 aromatic heterocycles. The van der Waals surface area contributed by atoms with E-state index in [0.717, 1.165) is 0 Å². The molecule has 0 saturated heterocycles. The number of nitrogens with zero attached hydrogens (tertiary/aromatic N) is 5. The number of hydrogen-bond donors (Lipinski definition) is 1. The summed E-state index contributed by atoms with van der Waals surface area (Å²) in [5.41, 5.74) is 0.406. The van der Waals surface area contributed by atoms with E-state index in [-0.39, 0.29) is 47.7 Å². The first kappa shape index (κ1) is 20.3. The number of nitro groups is 1. The lowest BCUT2D eigenvalue weighted by Crippen LogP contribution is -2.15. The molecule has 0 unspecified atom stereocenters. The molecule has 0 fully saturated rings. The molecule has 29 heavy (non-hydrogen) atoms. The van der Waals surface area contributed by atoms with Crippen LogP contribution in [-0.4, -0.2) is 37.5 Å². The number of nitrogens with one attached hydrogen (secondary N) is 1. The van der Waals surface area contributed by atoms with Gasteiger partial charge in [-0.3, -0.25) is 24.3 Å². The van der Waals surface area contributed by atoms with Crippen LogP contribution in [0, 0.1) is 15.9 Å². The molecule has 1 aromatic carbocycles. The number of ether oxygens (including phenoxy) is 1. The normalized spacial score (nSPS) is 10.7. The second-order valence-corrected chi connectivity index (χ2v) is 6.40. The van der Waals surface area contributed by atoms with Crippen molar-refractivity contribution < 1.29 is 18.8 Å². The Balaban J connectivity index is 1.59. The molecule has 12 heteroatoms. The van der Waals surface area contributed by atoms with Gasteiger partial charge in [0.2, 0.25) is 5.91 Å². The Hall–Kier alpha value is -3.47. The van der Waals surface area contributed by atoms with Crippen LogP contribution in [0.15, 0.2) is 36.7 Å². The van der Waals surface area contributed by atoms with Crippen LogP contribution >= 0.6 is 11.6 Å². The maximum absolute atomic E-state index is 13.3. The average Bonchev–Trinajstić information content (AvgIpc) is 3.23. The third-order valence-corrected chi connectivity index (χ3v) is 4.15. The van der Waals surface area contributed by atoms with Crippen LogP contribution in [0.25, 0.3) is 0 Å². The Kier molecular flexibility index (Phi) is 6.07. The van der Waals surface area contributed by atoms with Crippen LogP contribution in [0.4, 0.5) is 15.9 Å². The van der Waals surface area contributed by atoms with Gasteiger partial charge in [0.15, 0.2) is 5.82 Å². The zero-order chi connectivity index (χ0) is 21.0. The molecule has 0 aliphatic carbocycles. The summed E-state index contributed by atoms with van der Waals surface area (Å²) in [7, 11) is 1.27. The van der Waals surface area contributed by atoms with Gasteiger partial charge >= 0.3 is 11.6 Å². The fraction of sp³-hybridized carbons (Fsp3) is 0.235. The monoisotopic (exact) mass is 422 g/mol. The SMILES string of the molecule is COc1nn(CCC(=O)Nc2nn(Cc3cccc(F)c3)cc2Cl)cc1[N+](=O)[O-]. The first-order valence-corrected chi connectivity index (χ1v) is 8.76. The molecule has 3 rings (SSSR count). The summed E-state index contributed by atoms with van der Waals surface area (Å²) in [6.45, 7) is 0.377. The molecule has 0 aliphatic rings. The number of amides is 1. The predicted molar refractivity (Wildman–Crippen MR) is 101 cm³/mol. The fourth-order valence-electron chi connectivity index (χ4n) is 2.57. The Morgan fingerprint density at radius 3 is 2.79 bits per heavy atom. The molecule has 0 aliphatic heterocycles. The Labute approximate surface area is 169 Å². The third kappa shape index (κ3) is 5.08. The van der Waals surface area contributed by atoms with Gasteiger partial charge in [-0.1, -0.05) is 23.7 Å². The molecule has 0 atom stereocenters. The first-order valence-electron chi connectivity index (χ1n) is 8.39. The quantitative estimate of drug-likeness (QED) is 0.440. The summed E-state index contributed by atoms with van der Waals surface area (Å²) in [5, 5.41) is 21.8. The highest BCUT2D eigenvalue weighted by molar-refractivity contribution is 6.33. The fourth-order valence-corrected chi connectivity index (χ4v) is 2.77. The van der Waals surface area contributed by atoms with Gasteiger partial charge in [0.1, 0.15) is 17.0 Å². The lowest BCUT2D eigenvalue weighted by atomic mass is 10.2. The molecule has 3 aromatic rings. The van der Waals surface area contributed by atoms with Crippen molar-refractivity contribution in [2.45, 2.75) is 19.5 Å². The van der Waals surface area contributed by atoms with Crippen molar-refractivity contribution in [3.8, 4) is 5.88 Å². The summed E-state index contributed by atoms with van der Waals surface area (Å²) in [5.74, 6) is -0.726. The van der Waals surface area contributed by atoms with E-state index >= 15 is 0 Å². The Bertz CT molecular complexity index is 1050. The number of halogens is 2. The van der Waals surface area contributed by atoms with Gasteiger partial charge in [0.25, 0.3) is 0 Å². The molecule has 10 nitrogen and oxygen atoms in total. The summed E-state index contributed by atoms with van der Waals surface area (Å²) in [6.07, 6.45) is 2.69. The topological polar surface area (TPSA) is 117 Å². The van der Waals surface area contributed by atoms with Crippen LogP contribution in [0.2, 0.25) is 5.02 Å². The van der Waals surface area contributed by atoms with E-state index in [2.05, 4.69) is 15.5 Å². The molecule has 0 saturated carbocycles. The molecule has 152 valence electrons. The van der Waals surface area contributed by atoms with Crippen molar-refractivity contribution in [1.82, 2.24) is 19.6 Å². The van der Waals surface area contributed by atoms with Gasteiger partial charge in [0, 0.05) is 12.6 Å². The van der Waals surface area contributed by atoms with E-state index in [1.54, 1.807) is 12.1 Å².